The largest absolute Gasteiger partial charge is 0.357 e. The first-order valence-electron chi connectivity index (χ1n) is 11.4. The van der Waals surface area contributed by atoms with Crippen molar-refractivity contribution in [3.05, 3.63) is 35.9 Å². The Morgan fingerprint density at radius 1 is 0.933 bits per heavy atom. The molecular formula is C23H41IN6. The normalized spacial score (nSPS) is 19.9. The lowest BCUT2D eigenvalue weighted by Gasteiger charge is -2.36. The molecule has 0 unspecified atom stereocenters. The van der Waals surface area contributed by atoms with E-state index >= 15 is 0 Å². The molecule has 0 aliphatic carbocycles. The van der Waals surface area contributed by atoms with Gasteiger partial charge >= 0.3 is 0 Å². The van der Waals surface area contributed by atoms with E-state index in [0.29, 0.717) is 0 Å². The van der Waals surface area contributed by atoms with Crippen LogP contribution in [0.15, 0.2) is 35.3 Å². The number of rotatable bonds is 7. The molecular weight excluding hydrogens is 487 g/mol. The van der Waals surface area contributed by atoms with Gasteiger partial charge in [0.05, 0.1) is 0 Å². The molecule has 0 spiro atoms. The van der Waals surface area contributed by atoms with Gasteiger partial charge in [-0.2, -0.15) is 0 Å². The van der Waals surface area contributed by atoms with E-state index < -0.39 is 0 Å². The molecule has 0 atom stereocenters. The van der Waals surface area contributed by atoms with Crippen LogP contribution in [0, 0.1) is 0 Å². The van der Waals surface area contributed by atoms with E-state index in [1.807, 2.05) is 0 Å². The summed E-state index contributed by atoms with van der Waals surface area (Å²) in [6, 6.07) is 10.8. The second-order valence-electron chi connectivity index (χ2n) is 8.34. The molecule has 30 heavy (non-hydrogen) atoms. The van der Waals surface area contributed by atoms with Crippen LogP contribution < -0.4 is 5.32 Å². The Hall–Kier alpha value is -0.900. The van der Waals surface area contributed by atoms with Gasteiger partial charge in [0.2, 0.25) is 0 Å². The summed E-state index contributed by atoms with van der Waals surface area (Å²) in [4.78, 5) is 15.0. The second kappa shape index (κ2) is 14.2. The molecule has 1 N–H and O–H groups in total. The van der Waals surface area contributed by atoms with Crippen LogP contribution in [0.25, 0.3) is 0 Å². The molecule has 2 aliphatic heterocycles. The van der Waals surface area contributed by atoms with Gasteiger partial charge in [-0.15, -0.1) is 24.0 Å². The molecule has 0 amide bonds. The maximum atomic E-state index is 4.94. The van der Waals surface area contributed by atoms with Gasteiger partial charge < -0.3 is 20.0 Å². The summed E-state index contributed by atoms with van der Waals surface area (Å²) in [5.41, 5.74) is 1.40. The van der Waals surface area contributed by atoms with E-state index in [2.05, 4.69) is 69.2 Å². The van der Waals surface area contributed by atoms with Crippen LogP contribution in [0.4, 0.5) is 0 Å². The summed E-state index contributed by atoms with van der Waals surface area (Å²) in [7, 11) is 2.23. The topological polar surface area (TPSA) is 37.4 Å². The Bertz CT molecular complexity index is 603. The van der Waals surface area contributed by atoms with E-state index in [1.165, 1.54) is 44.7 Å². The molecule has 2 aliphatic rings. The molecule has 0 bridgehead atoms. The number of likely N-dealkylation sites (N-methyl/N-ethyl adjacent to an activating group) is 1. The molecule has 170 valence electrons. The van der Waals surface area contributed by atoms with Crippen LogP contribution in [0.1, 0.15) is 25.3 Å². The molecule has 2 heterocycles. The summed E-state index contributed by atoms with van der Waals surface area (Å²) in [6.07, 6.45) is 2.43. The first-order chi connectivity index (χ1) is 14.2. The summed E-state index contributed by atoms with van der Waals surface area (Å²) in [5.74, 6) is 1.10. The van der Waals surface area contributed by atoms with Gasteiger partial charge in [0.15, 0.2) is 5.96 Å². The lowest BCUT2D eigenvalue weighted by atomic mass is 10.2. The van der Waals surface area contributed by atoms with Crippen LogP contribution in [-0.4, -0.2) is 105 Å². The van der Waals surface area contributed by atoms with Gasteiger partial charge in [-0.05, 0) is 52.0 Å². The fraction of sp³-hybridized carbons (Fsp3) is 0.696. The van der Waals surface area contributed by atoms with Crippen molar-refractivity contribution < 1.29 is 0 Å². The Balaban J connectivity index is 0.00000320. The van der Waals surface area contributed by atoms with Crippen LogP contribution in [0.3, 0.4) is 0 Å². The van der Waals surface area contributed by atoms with Crippen molar-refractivity contribution in [2.24, 2.45) is 4.99 Å². The average molecular weight is 529 g/mol. The minimum atomic E-state index is 0. The third kappa shape index (κ3) is 8.69. The van der Waals surface area contributed by atoms with Gasteiger partial charge in [-0.3, -0.25) is 9.89 Å². The lowest BCUT2D eigenvalue weighted by Crippen LogP contribution is -2.52. The quantitative estimate of drug-likeness (QED) is 0.255. The number of hydrogen-bond donors (Lipinski definition) is 1. The van der Waals surface area contributed by atoms with Crippen molar-refractivity contribution in [2.75, 3.05) is 79.0 Å². The van der Waals surface area contributed by atoms with E-state index in [4.69, 9.17) is 4.99 Å². The molecule has 0 saturated carbocycles. The smallest absolute Gasteiger partial charge is 0.194 e. The maximum Gasteiger partial charge on any atom is 0.194 e. The minimum absolute atomic E-state index is 0. The van der Waals surface area contributed by atoms with Gasteiger partial charge in [-0.25, -0.2) is 0 Å². The van der Waals surface area contributed by atoms with Gasteiger partial charge in [0.25, 0.3) is 0 Å². The van der Waals surface area contributed by atoms with E-state index in [1.54, 1.807) is 0 Å². The van der Waals surface area contributed by atoms with Crippen molar-refractivity contribution >= 4 is 29.9 Å². The molecule has 3 rings (SSSR count). The summed E-state index contributed by atoms with van der Waals surface area (Å²) < 4.78 is 0. The third-order valence-corrected chi connectivity index (χ3v) is 5.96. The molecule has 1 aromatic carbocycles. The fourth-order valence-corrected chi connectivity index (χ4v) is 4.19. The van der Waals surface area contributed by atoms with E-state index in [-0.39, 0.29) is 24.0 Å². The predicted molar refractivity (Wildman–Crippen MR) is 138 cm³/mol. The number of guanidine groups is 1. The first kappa shape index (κ1) is 25.4. The average Bonchev–Trinajstić information content (AvgIpc) is 2.96. The second-order valence-corrected chi connectivity index (χ2v) is 8.34. The highest BCUT2D eigenvalue weighted by atomic mass is 127. The Morgan fingerprint density at radius 2 is 1.67 bits per heavy atom. The minimum Gasteiger partial charge on any atom is -0.357 e. The summed E-state index contributed by atoms with van der Waals surface area (Å²) in [6.45, 7) is 15.4. The van der Waals surface area contributed by atoms with Crippen LogP contribution in [0.5, 0.6) is 0 Å². The standard InChI is InChI=1S/C23H40N6.HI/c1-3-24-23(25-11-7-13-27-14-8-12-26(2)15-16-27)29-19-17-28(18-20-29)21-22-9-5-4-6-10-22;/h4-6,9-10H,3,7-8,11-21H2,1-2H3,(H,24,25);1H. The van der Waals surface area contributed by atoms with Crippen LogP contribution in [-0.2, 0) is 6.54 Å². The monoisotopic (exact) mass is 528 g/mol. The molecule has 0 aromatic heterocycles. The number of aliphatic imine (C=N–C) groups is 1. The van der Waals surface area contributed by atoms with Gasteiger partial charge in [0.1, 0.15) is 0 Å². The number of nitrogens with one attached hydrogen (secondary N) is 1. The molecule has 6 nitrogen and oxygen atoms in total. The van der Waals surface area contributed by atoms with E-state index in [0.717, 1.165) is 58.2 Å². The summed E-state index contributed by atoms with van der Waals surface area (Å²) >= 11 is 0. The third-order valence-electron chi connectivity index (χ3n) is 5.96. The van der Waals surface area contributed by atoms with Gasteiger partial charge in [0, 0.05) is 58.9 Å². The SMILES string of the molecule is CCNC(=NCCCN1CCCN(C)CC1)N1CCN(Cc2ccccc2)CC1.I. The van der Waals surface area contributed by atoms with Crippen LogP contribution >= 0.6 is 24.0 Å². The Morgan fingerprint density at radius 3 is 2.40 bits per heavy atom. The zero-order valence-corrected chi connectivity index (χ0v) is 21.3. The lowest BCUT2D eigenvalue weighted by molar-refractivity contribution is 0.172. The first-order valence-corrected chi connectivity index (χ1v) is 11.4. The number of halogens is 1. The fourth-order valence-electron chi connectivity index (χ4n) is 4.19. The number of piperazine rings is 1. The molecule has 7 heteroatoms. The zero-order chi connectivity index (χ0) is 20.3. The number of benzene rings is 1. The predicted octanol–water partition coefficient (Wildman–Crippen LogP) is 2.42. The highest BCUT2D eigenvalue weighted by Crippen LogP contribution is 2.09. The molecule has 0 radical (unpaired) electrons. The van der Waals surface area contributed by atoms with E-state index in [9.17, 15) is 0 Å². The number of nitrogens with zero attached hydrogens (tertiary/aromatic N) is 5. The maximum absolute atomic E-state index is 4.94. The van der Waals surface area contributed by atoms with Crippen molar-refractivity contribution in [3.8, 4) is 0 Å². The number of hydrogen-bond acceptors (Lipinski definition) is 4. The van der Waals surface area contributed by atoms with Gasteiger partial charge in [-0.1, -0.05) is 30.3 Å². The Kier molecular flexibility index (Phi) is 12.0. The highest BCUT2D eigenvalue weighted by molar-refractivity contribution is 14.0. The molecule has 2 saturated heterocycles. The van der Waals surface area contributed by atoms with Crippen molar-refractivity contribution in [1.29, 1.82) is 0 Å². The zero-order valence-electron chi connectivity index (χ0n) is 18.9. The molecule has 1 aromatic rings. The summed E-state index contributed by atoms with van der Waals surface area (Å²) in [5, 5.41) is 3.51. The Labute approximate surface area is 200 Å². The van der Waals surface area contributed by atoms with Crippen LogP contribution in [0.2, 0.25) is 0 Å². The van der Waals surface area contributed by atoms with Crippen molar-refractivity contribution in [3.63, 3.8) is 0 Å². The van der Waals surface area contributed by atoms with Crippen molar-refractivity contribution in [2.45, 2.75) is 26.3 Å². The van der Waals surface area contributed by atoms with Crippen molar-refractivity contribution in [1.82, 2.24) is 24.9 Å². The molecule has 2 fully saturated rings. The highest BCUT2D eigenvalue weighted by Gasteiger charge is 2.19.